The average Bonchev–Trinajstić information content (AvgIpc) is 3.20. The first kappa shape index (κ1) is 25.6. The van der Waals surface area contributed by atoms with Crippen molar-refractivity contribution in [3.8, 4) is 0 Å². The monoisotopic (exact) mass is 532 g/mol. The Bertz CT molecular complexity index is 1230. The molecule has 0 radical (unpaired) electrons. The minimum absolute atomic E-state index is 0.0297. The highest BCUT2D eigenvalue weighted by Crippen LogP contribution is 2.66. The molecule has 0 spiro atoms. The van der Waals surface area contributed by atoms with E-state index in [1.807, 2.05) is 0 Å². The standard InChI is InChI=1S/C10H15N8O12P3/c11-8-6-9(14-2-13-8)18(3-15-6)10-7(19)5(16-17-12)4(28-10)1-27-32(23,24)30-33(25,26)29-31(20,21)22/h2-5,7,10,19H,1H2,(H,23,24)(H,25,26)(H2,11,13,14)(H2,20,21,22)/t4-,5-,7-,10-/m1/s1. The van der Waals surface area contributed by atoms with Crippen LogP contribution in [0.15, 0.2) is 17.8 Å². The van der Waals surface area contributed by atoms with Gasteiger partial charge in [0.15, 0.2) is 17.7 Å². The molecule has 23 heteroatoms. The van der Waals surface area contributed by atoms with Gasteiger partial charge in [0.1, 0.15) is 17.9 Å². The number of nitrogens with two attached hydrogens (primary N) is 1. The van der Waals surface area contributed by atoms with Crippen molar-refractivity contribution in [3.05, 3.63) is 23.1 Å². The summed E-state index contributed by atoms with van der Waals surface area (Å²) in [6.07, 6.45) is -1.95. The van der Waals surface area contributed by atoms with Crippen LogP contribution >= 0.6 is 23.5 Å². The summed E-state index contributed by atoms with van der Waals surface area (Å²) in [5.41, 5.74) is 14.8. The number of aliphatic hydroxyl groups is 1. The highest BCUT2D eigenvalue weighted by atomic mass is 31.3. The minimum Gasteiger partial charge on any atom is -0.388 e. The summed E-state index contributed by atoms with van der Waals surface area (Å²) < 4.78 is 52.5. The van der Waals surface area contributed by atoms with E-state index < -0.39 is 54.6 Å². The zero-order valence-electron chi connectivity index (χ0n) is 15.8. The Kier molecular flexibility index (Phi) is 7.24. The number of aromatic nitrogens is 4. The predicted molar refractivity (Wildman–Crippen MR) is 102 cm³/mol. The number of nitrogens with zero attached hydrogens (tertiary/aromatic N) is 7. The van der Waals surface area contributed by atoms with E-state index in [0.717, 1.165) is 6.33 Å². The first-order valence-electron chi connectivity index (χ1n) is 8.32. The quantitative estimate of drug-likeness (QED) is 0.104. The van der Waals surface area contributed by atoms with Crippen LogP contribution in [0.4, 0.5) is 5.82 Å². The number of rotatable bonds is 9. The summed E-state index contributed by atoms with van der Waals surface area (Å²) >= 11 is 0. The molecule has 182 valence electrons. The molecule has 3 heterocycles. The van der Waals surface area contributed by atoms with Gasteiger partial charge in [-0.15, -0.1) is 0 Å². The molecule has 1 fully saturated rings. The lowest BCUT2D eigenvalue weighted by Crippen LogP contribution is -2.32. The lowest BCUT2D eigenvalue weighted by Gasteiger charge is -2.19. The molecule has 3 rings (SSSR count). The SMILES string of the molecule is [N-]=[N+]=N[C@H]1[C@@H](O)[C@H](n2cnc3c(N)ncnc32)O[C@@H]1COP(=O)(O)OP(=O)(O)OP(=O)(O)O. The molecule has 0 aromatic carbocycles. The Balaban J connectivity index is 1.78. The van der Waals surface area contributed by atoms with Gasteiger partial charge >= 0.3 is 23.5 Å². The van der Waals surface area contributed by atoms with Crippen molar-refractivity contribution in [1.29, 1.82) is 0 Å². The number of azide groups is 1. The number of anilines is 1. The van der Waals surface area contributed by atoms with Crippen molar-refractivity contribution in [2.75, 3.05) is 12.3 Å². The third-order valence-corrected chi connectivity index (χ3v) is 7.80. The van der Waals surface area contributed by atoms with Gasteiger partial charge in [-0.25, -0.2) is 28.6 Å². The number of aliphatic hydroxyl groups excluding tert-OH is 1. The first-order chi connectivity index (χ1) is 15.2. The van der Waals surface area contributed by atoms with Crippen LogP contribution in [0, 0.1) is 0 Å². The number of fused-ring (bicyclic) bond motifs is 1. The average molecular weight is 532 g/mol. The van der Waals surface area contributed by atoms with Crippen LogP contribution in [0.3, 0.4) is 0 Å². The number of ether oxygens (including phenoxy) is 1. The second-order valence-electron chi connectivity index (χ2n) is 6.22. The maximum Gasteiger partial charge on any atom is 0.490 e. The molecule has 20 nitrogen and oxygen atoms in total. The van der Waals surface area contributed by atoms with Gasteiger partial charge in [0.2, 0.25) is 0 Å². The molecular formula is C10H15N8O12P3. The van der Waals surface area contributed by atoms with Gasteiger partial charge in [-0.05, 0) is 5.53 Å². The van der Waals surface area contributed by atoms with Crippen molar-refractivity contribution in [3.63, 3.8) is 0 Å². The molecule has 1 aliphatic heterocycles. The largest absolute Gasteiger partial charge is 0.490 e. The van der Waals surface area contributed by atoms with E-state index in [9.17, 15) is 28.6 Å². The number of imidazole rings is 1. The van der Waals surface area contributed by atoms with Gasteiger partial charge in [-0.2, -0.15) is 8.62 Å². The van der Waals surface area contributed by atoms with E-state index in [4.69, 9.17) is 25.8 Å². The van der Waals surface area contributed by atoms with Crippen LogP contribution in [0.25, 0.3) is 21.6 Å². The lowest BCUT2D eigenvalue weighted by atomic mass is 10.1. The second kappa shape index (κ2) is 9.32. The minimum atomic E-state index is -5.73. The molecule has 1 saturated heterocycles. The molecule has 7 N–H and O–H groups in total. The van der Waals surface area contributed by atoms with Crippen LogP contribution in [0.5, 0.6) is 0 Å². The predicted octanol–water partition coefficient (Wildman–Crippen LogP) is -0.311. The third-order valence-electron chi connectivity index (χ3n) is 4.00. The lowest BCUT2D eigenvalue weighted by molar-refractivity contribution is -0.0482. The van der Waals surface area contributed by atoms with Gasteiger partial charge in [0, 0.05) is 4.91 Å². The maximum absolute atomic E-state index is 11.9. The summed E-state index contributed by atoms with van der Waals surface area (Å²) in [7, 11) is -16.8. The van der Waals surface area contributed by atoms with Crippen LogP contribution < -0.4 is 5.73 Å². The van der Waals surface area contributed by atoms with Crippen molar-refractivity contribution in [1.82, 2.24) is 19.5 Å². The highest BCUT2D eigenvalue weighted by molar-refractivity contribution is 7.66. The van der Waals surface area contributed by atoms with Gasteiger partial charge < -0.3 is 35.2 Å². The van der Waals surface area contributed by atoms with Gasteiger partial charge in [0.05, 0.1) is 25.1 Å². The van der Waals surface area contributed by atoms with Crippen molar-refractivity contribution in [2.24, 2.45) is 5.11 Å². The Labute approximate surface area is 182 Å². The van der Waals surface area contributed by atoms with Crippen molar-refractivity contribution < 1.29 is 56.3 Å². The van der Waals surface area contributed by atoms with Crippen molar-refractivity contribution in [2.45, 2.75) is 24.5 Å². The summed E-state index contributed by atoms with van der Waals surface area (Å²) in [4.78, 5) is 50.1. The third kappa shape index (κ3) is 6.11. The Morgan fingerprint density at radius 3 is 2.52 bits per heavy atom. The molecule has 1 aliphatic rings. The van der Waals surface area contributed by atoms with E-state index in [-0.39, 0.29) is 17.0 Å². The summed E-state index contributed by atoms with van der Waals surface area (Å²) in [6.45, 7) is -0.954. The second-order valence-corrected chi connectivity index (χ2v) is 10.6. The van der Waals surface area contributed by atoms with Crippen LogP contribution in [0.1, 0.15) is 6.23 Å². The Morgan fingerprint density at radius 2 is 1.88 bits per heavy atom. The zero-order valence-corrected chi connectivity index (χ0v) is 18.5. The highest BCUT2D eigenvalue weighted by Gasteiger charge is 2.47. The van der Waals surface area contributed by atoms with E-state index in [2.05, 4.69) is 38.1 Å². The molecule has 2 aromatic heterocycles. The maximum atomic E-state index is 11.9. The summed E-state index contributed by atoms with van der Waals surface area (Å²) in [6, 6.07) is -1.40. The number of hydrogen-bond acceptors (Lipinski definition) is 13. The number of phosphoric acid groups is 3. The molecule has 6 atom stereocenters. The number of phosphoric ester groups is 1. The molecule has 0 aliphatic carbocycles. The van der Waals surface area contributed by atoms with Crippen LogP contribution in [0.2, 0.25) is 0 Å². The first-order valence-corrected chi connectivity index (χ1v) is 12.8. The molecule has 0 bridgehead atoms. The van der Waals surface area contributed by atoms with Gasteiger partial charge in [-0.1, -0.05) is 5.11 Å². The molecule has 2 unspecified atom stereocenters. The zero-order chi connectivity index (χ0) is 24.6. The Morgan fingerprint density at radius 1 is 1.18 bits per heavy atom. The van der Waals surface area contributed by atoms with Crippen LogP contribution in [-0.2, 0) is 31.6 Å². The molecule has 2 aromatic rings. The number of nitrogen functional groups attached to an aromatic ring is 1. The summed E-state index contributed by atoms with van der Waals surface area (Å²) in [5, 5.41) is 13.9. The molecular weight excluding hydrogens is 517 g/mol. The number of hydrogen-bond donors (Lipinski definition) is 6. The Hall–Kier alpha value is -2.01. The summed E-state index contributed by atoms with van der Waals surface area (Å²) in [5.74, 6) is 0.0297. The van der Waals surface area contributed by atoms with E-state index in [0.29, 0.717) is 0 Å². The molecule has 0 amide bonds. The van der Waals surface area contributed by atoms with E-state index in [1.54, 1.807) is 0 Å². The fourth-order valence-corrected chi connectivity index (χ4v) is 5.86. The van der Waals surface area contributed by atoms with Gasteiger partial charge in [-0.3, -0.25) is 9.09 Å². The topological polar surface area (TPSA) is 308 Å². The van der Waals surface area contributed by atoms with E-state index >= 15 is 0 Å². The van der Waals surface area contributed by atoms with Crippen molar-refractivity contribution >= 4 is 40.4 Å². The fourth-order valence-electron chi connectivity index (χ4n) is 2.83. The fraction of sp³-hybridized carbons (Fsp3) is 0.500. The van der Waals surface area contributed by atoms with Gasteiger partial charge in [0.25, 0.3) is 0 Å². The normalized spacial score (nSPS) is 27.1. The molecule has 33 heavy (non-hydrogen) atoms. The smallest absolute Gasteiger partial charge is 0.388 e. The molecule has 0 saturated carbocycles. The van der Waals surface area contributed by atoms with E-state index in [1.165, 1.54) is 10.9 Å². The van der Waals surface area contributed by atoms with Crippen LogP contribution in [-0.4, -0.2) is 69.1 Å².